The second-order valence-electron chi connectivity index (χ2n) is 3.31. The number of rotatable bonds is 4. The van der Waals surface area contributed by atoms with E-state index in [0.717, 1.165) is 17.7 Å². The first-order valence-electron chi connectivity index (χ1n) is 4.97. The molecule has 82 valence electrons. The van der Waals surface area contributed by atoms with Crippen LogP contribution < -0.4 is 16.0 Å². The monoisotopic (exact) mass is 216 g/mol. The molecule has 1 aromatic carbocycles. The fourth-order valence-corrected chi connectivity index (χ4v) is 1.45. The van der Waals surface area contributed by atoms with E-state index in [1.165, 1.54) is 0 Å². The van der Waals surface area contributed by atoms with Gasteiger partial charge in [0.05, 0.1) is 5.69 Å². The Morgan fingerprint density at radius 3 is 2.75 bits per heavy atom. The van der Waals surface area contributed by atoms with Crippen LogP contribution in [0.4, 0.5) is 5.69 Å². The van der Waals surface area contributed by atoms with Crippen LogP contribution in [-0.4, -0.2) is 6.54 Å². The molecule has 0 fully saturated rings. The summed E-state index contributed by atoms with van der Waals surface area (Å²) in [6, 6.07) is 8.07. The summed E-state index contributed by atoms with van der Waals surface area (Å²) in [5, 5.41) is 5.38. The zero-order valence-electron chi connectivity index (χ0n) is 8.67. The maximum atomic E-state index is 8.16. The second-order valence-corrected chi connectivity index (χ2v) is 3.31. The van der Waals surface area contributed by atoms with Crippen molar-refractivity contribution in [3.63, 3.8) is 0 Å². The Morgan fingerprint density at radius 1 is 1.31 bits per heavy atom. The predicted molar refractivity (Wildman–Crippen MR) is 62.0 cm³/mol. The quantitative estimate of drug-likeness (QED) is 0.458. The van der Waals surface area contributed by atoms with Gasteiger partial charge in [0.15, 0.2) is 0 Å². The van der Waals surface area contributed by atoms with Crippen LogP contribution in [-0.2, 0) is 6.42 Å². The van der Waals surface area contributed by atoms with Crippen LogP contribution in [0.2, 0.25) is 0 Å². The zero-order chi connectivity index (χ0) is 11.2. The third-order valence-electron chi connectivity index (χ3n) is 2.27. The highest BCUT2D eigenvalue weighted by molar-refractivity contribution is 5.49. The Labute approximate surface area is 93.1 Å². The summed E-state index contributed by atoms with van der Waals surface area (Å²) in [5.41, 5.74) is 16.2. The van der Waals surface area contributed by atoms with Crippen LogP contribution in [0.15, 0.2) is 41.8 Å². The molecular weight excluding hydrogens is 204 g/mol. The maximum absolute atomic E-state index is 8.16. The van der Waals surface area contributed by atoms with Crippen molar-refractivity contribution in [3.05, 3.63) is 52.7 Å². The van der Waals surface area contributed by atoms with Crippen molar-refractivity contribution < 1.29 is 0 Å². The molecule has 0 bridgehead atoms. The molecule has 0 saturated heterocycles. The molecule has 0 spiro atoms. The third-order valence-corrected chi connectivity index (χ3v) is 2.27. The number of hydrogen-bond donors (Lipinski definition) is 2. The summed E-state index contributed by atoms with van der Waals surface area (Å²) >= 11 is 0. The van der Waals surface area contributed by atoms with Gasteiger partial charge in [-0.1, -0.05) is 17.2 Å². The fraction of sp³-hybridized carbons (Fsp3) is 0.200. The number of hydrogen-bond acceptors (Lipinski definition) is 4. The highest BCUT2D eigenvalue weighted by Crippen LogP contribution is 2.15. The molecule has 0 unspecified atom stereocenters. The van der Waals surface area contributed by atoms with Gasteiger partial charge in [0.25, 0.3) is 0 Å². The number of benzene rings is 1. The molecule has 2 N–H and O–H groups in total. The lowest BCUT2D eigenvalue weighted by Gasteiger charge is -2.15. The van der Waals surface area contributed by atoms with Gasteiger partial charge in [-0.15, -0.1) is 5.53 Å². The van der Waals surface area contributed by atoms with Crippen LogP contribution >= 0.6 is 0 Å². The van der Waals surface area contributed by atoms with E-state index >= 15 is 0 Å². The number of nitrogens with one attached hydrogen (secondary N) is 2. The molecule has 1 aliphatic heterocycles. The van der Waals surface area contributed by atoms with Crippen LogP contribution in [0.5, 0.6) is 0 Å². The van der Waals surface area contributed by atoms with Gasteiger partial charge in [0.1, 0.15) is 0 Å². The molecule has 0 aliphatic carbocycles. The van der Waals surface area contributed by atoms with Crippen molar-refractivity contribution in [2.24, 2.45) is 5.11 Å². The smallest absolute Gasteiger partial charge is 0.0589 e. The normalized spacial score (nSPS) is 13.4. The van der Waals surface area contributed by atoms with Gasteiger partial charge in [0, 0.05) is 23.9 Å². The summed E-state index contributed by atoms with van der Waals surface area (Å²) in [7, 11) is 0. The average molecular weight is 216 g/mol. The molecule has 16 heavy (non-hydrogen) atoms. The Balaban J connectivity index is 1.98. The number of nitrogens with zero attached hydrogens (tertiary/aromatic N) is 4. The molecule has 6 nitrogen and oxygen atoms in total. The van der Waals surface area contributed by atoms with Crippen molar-refractivity contribution in [3.8, 4) is 0 Å². The lowest BCUT2D eigenvalue weighted by molar-refractivity contribution is 0.680. The lowest BCUT2D eigenvalue weighted by atomic mass is 10.1. The van der Waals surface area contributed by atoms with Crippen molar-refractivity contribution in [2.75, 3.05) is 11.6 Å². The molecule has 2 rings (SSSR count). The van der Waals surface area contributed by atoms with Crippen molar-refractivity contribution in [1.29, 1.82) is 0 Å². The van der Waals surface area contributed by atoms with Crippen LogP contribution in [0.1, 0.15) is 5.56 Å². The van der Waals surface area contributed by atoms with Crippen molar-refractivity contribution >= 4 is 5.69 Å². The van der Waals surface area contributed by atoms with Crippen LogP contribution in [0.25, 0.3) is 10.4 Å². The SMILES string of the molecule is [N-]=[N+]=NCCc1ccc(N2C=CNN2)cc1. The molecular formula is C10H12N6. The first-order valence-corrected chi connectivity index (χ1v) is 4.97. The average Bonchev–Trinajstić information content (AvgIpc) is 2.84. The van der Waals surface area contributed by atoms with E-state index in [9.17, 15) is 0 Å². The molecule has 1 heterocycles. The van der Waals surface area contributed by atoms with Gasteiger partial charge in [-0.3, -0.25) is 5.01 Å². The van der Waals surface area contributed by atoms with Gasteiger partial charge >= 0.3 is 0 Å². The van der Waals surface area contributed by atoms with Gasteiger partial charge in [-0.25, -0.2) is 0 Å². The molecule has 1 aliphatic rings. The van der Waals surface area contributed by atoms with E-state index in [1.807, 2.05) is 41.7 Å². The zero-order valence-corrected chi connectivity index (χ0v) is 8.67. The Morgan fingerprint density at radius 2 is 2.12 bits per heavy atom. The van der Waals surface area contributed by atoms with Crippen molar-refractivity contribution in [1.82, 2.24) is 11.0 Å². The molecule has 0 aromatic heterocycles. The largest absolute Gasteiger partial charge is 0.309 e. The summed E-state index contributed by atoms with van der Waals surface area (Å²) in [4.78, 5) is 2.72. The van der Waals surface area contributed by atoms with E-state index in [4.69, 9.17) is 5.53 Å². The van der Waals surface area contributed by atoms with Gasteiger partial charge in [0.2, 0.25) is 0 Å². The first-order chi connectivity index (χ1) is 7.90. The van der Waals surface area contributed by atoms with Gasteiger partial charge in [-0.2, -0.15) is 0 Å². The molecule has 1 aromatic rings. The molecule has 0 atom stereocenters. The Bertz CT molecular complexity index is 417. The summed E-state index contributed by atoms with van der Waals surface area (Å²) in [6.07, 6.45) is 4.48. The van der Waals surface area contributed by atoms with Gasteiger partial charge < -0.3 is 5.43 Å². The number of azide groups is 1. The Kier molecular flexibility index (Phi) is 3.28. The Hall–Kier alpha value is -2.17. The summed E-state index contributed by atoms with van der Waals surface area (Å²) < 4.78 is 0. The van der Waals surface area contributed by atoms with Gasteiger partial charge in [-0.05, 0) is 29.6 Å². The van der Waals surface area contributed by atoms with E-state index in [1.54, 1.807) is 0 Å². The molecule has 0 radical (unpaired) electrons. The highest BCUT2D eigenvalue weighted by atomic mass is 15.7. The number of hydrazine groups is 2. The topological polar surface area (TPSA) is 76.1 Å². The third kappa shape index (κ3) is 2.44. The molecule has 6 heteroatoms. The predicted octanol–water partition coefficient (Wildman–Crippen LogP) is 1.84. The van der Waals surface area contributed by atoms with E-state index in [0.29, 0.717) is 6.54 Å². The summed E-state index contributed by atoms with van der Waals surface area (Å²) in [5.74, 6) is 0. The first kappa shape index (κ1) is 10.4. The summed E-state index contributed by atoms with van der Waals surface area (Å²) in [6.45, 7) is 0.499. The van der Waals surface area contributed by atoms with E-state index < -0.39 is 0 Å². The maximum Gasteiger partial charge on any atom is 0.0589 e. The fourth-order valence-electron chi connectivity index (χ4n) is 1.45. The minimum Gasteiger partial charge on any atom is -0.309 e. The van der Waals surface area contributed by atoms with E-state index in [2.05, 4.69) is 21.0 Å². The number of anilines is 1. The van der Waals surface area contributed by atoms with Crippen molar-refractivity contribution in [2.45, 2.75) is 6.42 Å². The minimum atomic E-state index is 0.499. The lowest BCUT2D eigenvalue weighted by Crippen LogP contribution is -2.35. The van der Waals surface area contributed by atoms with E-state index in [-0.39, 0.29) is 0 Å². The second kappa shape index (κ2) is 5.06. The molecule has 0 saturated carbocycles. The highest BCUT2D eigenvalue weighted by Gasteiger charge is 2.04. The van der Waals surface area contributed by atoms with Crippen LogP contribution in [0, 0.1) is 0 Å². The van der Waals surface area contributed by atoms with Crippen LogP contribution in [0.3, 0.4) is 0 Å². The minimum absolute atomic E-state index is 0.499. The molecule has 0 amide bonds. The standard InChI is InChI=1S/C10H12N6/c11-14-12-6-5-9-1-3-10(4-2-9)16-8-7-13-15-16/h1-4,7-8,13,15H,5-6H2.